The van der Waals surface area contributed by atoms with Crippen molar-refractivity contribution in [2.24, 2.45) is 0 Å². The molecule has 0 radical (unpaired) electrons. The lowest BCUT2D eigenvalue weighted by atomic mass is 10.1. The molecule has 0 saturated heterocycles. The van der Waals surface area contributed by atoms with Crippen molar-refractivity contribution in [2.75, 3.05) is 11.9 Å². The fraction of sp³-hybridized carbons (Fsp3) is 0.278. The van der Waals surface area contributed by atoms with Crippen LogP contribution in [0.5, 0.6) is 0 Å². The lowest BCUT2D eigenvalue weighted by Gasteiger charge is -2.17. The molecule has 0 atom stereocenters. The normalized spacial score (nSPS) is 13.0. The number of aromatic nitrogens is 2. The fourth-order valence-corrected chi connectivity index (χ4v) is 2.87. The summed E-state index contributed by atoms with van der Waals surface area (Å²) in [7, 11) is 0. The van der Waals surface area contributed by atoms with Gasteiger partial charge in [0, 0.05) is 18.8 Å². The molecule has 0 aliphatic carbocycles. The summed E-state index contributed by atoms with van der Waals surface area (Å²) in [5.74, 6) is -0.872. The monoisotopic (exact) mass is 342 g/mol. The minimum Gasteiger partial charge on any atom is -0.346 e. The summed E-state index contributed by atoms with van der Waals surface area (Å²) in [4.78, 5) is 29.2. The zero-order valence-corrected chi connectivity index (χ0v) is 13.7. The second-order valence-electron chi connectivity index (χ2n) is 5.80. The third-order valence-corrected chi connectivity index (χ3v) is 4.05. The van der Waals surface area contributed by atoms with Crippen LogP contribution < -0.4 is 10.6 Å². The van der Waals surface area contributed by atoms with E-state index in [2.05, 4.69) is 22.2 Å². The van der Waals surface area contributed by atoms with E-state index in [1.54, 1.807) is 6.08 Å². The number of rotatable bonds is 5. The van der Waals surface area contributed by atoms with Gasteiger partial charge in [-0.15, -0.1) is 6.58 Å². The Morgan fingerprint density at radius 1 is 1.24 bits per heavy atom. The van der Waals surface area contributed by atoms with Crippen LogP contribution in [0, 0.1) is 5.82 Å². The molecule has 7 heteroatoms. The number of imidazole rings is 1. The van der Waals surface area contributed by atoms with Crippen LogP contribution in [-0.2, 0) is 13.0 Å². The van der Waals surface area contributed by atoms with E-state index >= 15 is 0 Å². The van der Waals surface area contributed by atoms with Crippen molar-refractivity contribution < 1.29 is 14.0 Å². The molecule has 2 aromatic rings. The highest BCUT2D eigenvalue weighted by Crippen LogP contribution is 2.22. The van der Waals surface area contributed by atoms with Crippen LogP contribution in [-0.4, -0.2) is 27.9 Å². The van der Waals surface area contributed by atoms with E-state index in [0.717, 1.165) is 18.5 Å². The first-order valence-corrected chi connectivity index (χ1v) is 8.15. The second-order valence-corrected chi connectivity index (χ2v) is 5.80. The van der Waals surface area contributed by atoms with Crippen LogP contribution in [0.3, 0.4) is 0 Å². The average molecular weight is 342 g/mol. The van der Waals surface area contributed by atoms with Crippen LogP contribution in [0.2, 0.25) is 0 Å². The summed E-state index contributed by atoms with van der Waals surface area (Å²) in [6.07, 6.45) is 4.15. The molecule has 0 unspecified atom stereocenters. The molecule has 1 aliphatic heterocycles. The lowest BCUT2D eigenvalue weighted by molar-refractivity contribution is 0.0942. The zero-order valence-electron chi connectivity index (χ0n) is 13.7. The number of nitrogens with zero attached hydrogens (tertiary/aromatic N) is 2. The number of nitrogens with one attached hydrogen (secondary N) is 2. The fourth-order valence-electron chi connectivity index (χ4n) is 2.87. The molecule has 130 valence electrons. The Balaban J connectivity index is 1.88. The van der Waals surface area contributed by atoms with Gasteiger partial charge in [0.05, 0.1) is 5.69 Å². The van der Waals surface area contributed by atoms with Crippen molar-refractivity contribution in [2.45, 2.75) is 25.8 Å². The van der Waals surface area contributed by atoms with Crippen LogP contribution in [0.15, 0.2) is 36.9 Å². The maximum Gasteiger partial charge on any atom is 0.287 e. The topological polar surface area (TPSA) is 76.0 Å². The third kappa shape index (κ3) is 3.60. The Bertz CT molecular complexity index is 811. The molecule has 1 aromatic heterocycles. The molecule has 3 rings (SSSR count). The SMILES string of the molecule is C=CCNC(=O)c1nc(C(=O)Nc2ccc(F)cc2)c2n1CCCC2. The first-order valence-electron chi connectivity index (χ1n) is 8.15. The number of carbonyl (C=O) groups is 2. The molecular formula is C18H19FN4O2. The molecule has 0 spiro atoms. The smallest absolute Gasteiger partial charge is 0.287 e. The average Bonchev–Trinajstić information content (AvgIpc) is 3.01. The minimum atomic E-state index is -0.403. The summed E-state index contributed by atoms with van der Waals surface area (Å²) in [6, 6.07) is 5.50. The number of hydrogen-bond donors (Lipinski definition) is 2. The van der Waals surface area contributed by atoms with Crippen LogP contribution in [0.1, 0.15) is 39.6 Å². The minimum absolute atomic E-state index is 0.237. The molecule has 2 N–H and O–H groups in total. The highest BCUT2D eigenvalue weighted by molar-refractivity contribution is 6.05. The van der Waals surface area contributed by atoms with Crippen molar-refractivity contribution >= 4 is 17.5 Å². The van der Waals surface area contributed by atoms with Gasteiger partial charge in [0.25, 0.3) is 11.8 Å². The Morgan fingerprint density at radius 3 is 2.72 bits per heavy atom. The second kappa shape index (κ2) is 7.29. The summed E-state index contributed by atoms with van der Waals surface area (Å²) in [5.41, 5.74) is 1.48. The molecule has 0 saturated carbocycles. The summed E-state index contributed by atoms with van der Waals surface area (Å²) >= 11 is 0. The molecule has 2 heterocycles. The van der Waals surface area contributed by atoms with Crippen LogP contribution >= 0.6 is 0 Å². The third-order valence-electron chi connectivity index (χ3n) is 4.05. The summed E-state index contributed by atoms with van der Waals surface area (Å²) in [5, 5.41) is 5.39. The summed E-state index contributed by atoms with van der Waals surface area (Å²) in [6.45, 7) is 4.55. The molecule has 0 fully saturated rings. The van der Waals surface area contributed by atoms with Gasteiger partial charge in [-0.25, -0.2) is 9.37 Å². The van der Waals surface area contributed by atoms with Gasteiger partial charge in [-0.1, -0.05) is 6.08 Å². The number of halogens is 1. The molecule has 25 heavy (non-hydrogen) atoms. The number of carbonyl (C=O) groups excluding carboxylic acids is 2. The van der Waals surface area contributed by atoms with E-state index < -0.39 is 5.91 Å². The number of fused-ring (bicyclic) bond motifs is 1. The van der Waals surface area contributed by atoms with Crippen molar-refractivity contribution in [3.05, 3.63) is 59.9 Å². The van der Waals surface area contributed by atoms with Crippen LogP contribution in [0.4, 0.5) is 10.1 Å². The largest absolute Gasteiger partial charge is 0.346 e. The maximum absolute atomic E-state index is 13.0. The van der Waals surface area contributed by atoms with Crippen molar-refractivity contribution in [1.82, 2.24) is 14.9 Å². The molecular weight excluding hydrogens is 323 g/mol. The molecule has 2 amide bonds. The summed E-state index contributed by atoms with van der Waals surface area (Å²) < 4.78 is 14.8. The zero-order chi connectivity index (χ0) is 17.8. The van der Waals surface area contributed by atoms with Gasteiger partial charge < -0.3 is 15.2 Å². The Kier molecular flexibility index (Phi) is 4.92. The van der Waals surface area contributed by atoms with E-state index in [-0.39, 0.29) is 23.2 Å². The molecule has 6 nitrogen and oxygen atoms in total. The predicted octanol–water partition coefficient (Wildman–Crippen LogP) is 2.53. The van der Waals surface area contributed by atoms with E-state index in [1.165, 1.54) is 24.3 Å². The molecule has 0 bridgehead atoms. The first kappa shape index (κ1) is 16.9. The quantitative estimate of drug-likeness (QED) is 0.820. The van der Waals surface area contributed by atoms with Gasteiger partial charge in [-0.3, -0.25) is 9.59 Å². The van der Waals surface area contributed by atoms with Gasteiger partial charge in [0.1, 0.15) is 5.82 Å². The lowest BCUT2D eigenvalue weighted by Crippen LogP contribution is -2.28. The standard InChI is InChI=1S/C18H19FN4O2/c1-2-10-20-18(25)16-22-15(14-5-3-4-11-23(14)16)17(24)21-13-8-6-12(19)7-9-13/h2,6-9H,1,3-5,10-11H2,(H,20,25)(H,21,24). The van der Waals surface area contributed by atoms with Gasteiger partial charge in [-0.2, -0.15) is 0 Å². The van der Waals surface area contributed by atoms with E-state index in [1.807, 2.05) is 4.57 Å². The van der Waals surface area contributed by atoms with Crippen molar-refractivity contribution in [1.29, 1.82) is 0 Å². The van der Waals surface area contributed by atoms with Crippen molar-refractivity contribution in [3.63, 3.8) is 0 Å². The Labute approximate surface area is 144 Å². The number of benzene rings is 1. The maximum atomic E-state index is 13.0. The number of amides is 2. The predicted molar refractivity (Wildman–Crippen MR) is 92.0 cm³/mol. The number of hydrogen-bond acceptors (Lipinski definition) is 3. The van der Waals surface area contributed by atoms with Crippen molar-refractivity contribution in [3.8, 4) is 0 Å². The highest BCUT2D eigenvalue weighted by Gasteiger charge is 2.27. The van der Waals surface area contributed by atoms with Crippen LogP contribution in [0.25, 0.3) is 0 Å². The van der Waals surface area contributed by atoms with E-state index in [4.69, 9.17) is 0 Å². The van der Waals surface area contributed by atoms with Gasteiger partial charge >= 0.3 is 0 Å². The van der Waals surface area contributed by atoms with Gasteiger partial charge in [0.2, 0.25) is 0 Å². The van der Waals surface area contributed by atoms with Gasteiger partial charge in [-0.05, 0) is 43.5 Å². The van der Waals surface area contributed by atoms with E-state index in [0.29, 0.717) is 25.2 Å². The Hall–Kier alpha value is -2.96. The van der Waals surface area contributed by atoms with Gasteiger partial charge in [0.15, 0.2) is 11.5 Å². The van der Waals surface area contributed by atoms with E-state index in [9.17, 15) is 14.0 Å². The Morgan fingerprint density at radius 2 is 2.00 bits per heavy atom. The number of anilines is 1. The first-order chi connectivity index (χ1) is 12.1. The molecule has 1 aromatic carbocycles. The molecule has 1 aliphatic rings. The highest BCUT2D eigenvalue weighted by atomic mass is 19.1.